The van der Waals surface area contributed by atoms with Gasteiger partial charge < -0.3 is 9.80 Å². The molecule has 0 atom stereocenters. The second kappa shape index (κ2) is 5.04. The number of amides is 2. The van der Waals surface area contributed by atoms with Gasteiger partial charge in [-0.15, -0.1) is 0 Å². The average molecular weight is 225 g/mol. The van der Waals surface area contributed by atoms with Gasteiger partial charge in [0, 0.05) is 45.3 Å². The van der Waals surface area contributed by atoms with Crippen LogP contribution in [-0.4, -0.2) is 66.0 Å². The lowest BCUT2D eigenvalue weighted by atomic mass is 10.2. The molecule has 2 fully saturated rings. The molecule has 0 aromatic rings. The monoisotopic (exact) mass is 225 g/mol. The minimum absolute atomic E-state index is 0.265. The van der Waals surface area contributed by atoms with Gasteiger partial charge in [0.2, 0.25) is 0 Å². The smallest absolute Gasteiger partial charge is 0.320 e. The van der Waals surface area contributed by atoms with E-state index < -0.39 is 0 Å². The van der Waals surface area contributed by atoms with Crippen LogP contribution >= 0.6 is 0 Å². The fourth-order valence-electron chi connectivity index (χ4n) is 2.54. The number of likely N-dealkylation sites (tertiary alicyclic amines) is 1. The molecule has 0 saturated carbocycles. The number of piperazine rings is 1. The molecule has 4 heteroatoms. The van der Waals surface area contributed by atoms with Crippen molar-refractivity contribution in [2.45, 2.75) is 32.7 Å². The van der Waals surface area contributed by atoms with Crippen LogP contribution in [0, 0.1) is 0 Å². The lowest BCUT2D eigenvalue weighted by Gasteiger charge is -2.38. The zero-order chi connectivity index (χ0) is 11.5. The van der Waals surface area contributed by atoms with E-state index >= 15 is 0 Å². The highest BCUT2D eigenvalue weighted by Gasteiger charge is 2.27. The maximum atomic E-state index is 12.1. The molecule has 2 aliphatic rings. The Kier molecular flexibility index (Phi) is 3.69. The third-order valence-electron chi connectivity index (χ3n) is 3.69. The molecule has 16 heavy (non-hydrogen) atoms. The number of rotatable bonds is 1. The van der Waals surface area contributed by atoms with Gasteiger partial charge in [0.05, 0.1) is 0 Å². The predicted octanol–water partition coefficient (Wildman–Crippen LogP) is 1.23. The molecular weight excluding hydrogens is 202 g/mol. The van der Waals surface area contributed by atoms with Crippen LogP contribution in [0.4, 0.5) is 4.79 Å². The van der Waals surface area contributed by atoms with E-state index in [0.717, 1.165) is 39.3 Å². The van der Waals surface area contributed by atoms with Gasteiger partial charge in [-0.2, -0.15) is 0 Å². The largest absolute Gasteiger partial charge is 0.325 e. The third-order valence-corrected chi connectivity index (χ3v) is 3.69. The maximum absolute atomic E-state index is 12.1. The summed E-state index contributed by atoms with van der Waals surface area (Å²) in [6.07, 6.45) is 2.36. The standard InChI is InChI=1S/C12H23N3O/c1-11(2)13-7-9-15(10-8-13)12(16)14-5-3-4-6-14/h11H,3-10H2,1-2H3. The van der Waals surface area contributed by atoms with E-state index in [0.29, 0.717) is 6.04 Å². The van der Waals surface area contributed by atoms with Crippen molar-refractivity contribution in [3.8, 4) is 0 Å². The van der Waals surface area contributed by atoms with Crippen molar-refractivity contribution in [3.05, 3.63) is 0 Å². The number of urea groups is 1. The van der Waals surface area contributed by atoms with E-state index in [1.54, 1.807) is 0 Å². The van der Waals surface area contributed by atoms with Crippen molar-refractivity contribution in [2.75, 3.05) is 39.3 Å². The molecule has 2 amide bonds. The van der Waals surface area contributed by atoms with Gasteiger partial charge in [-0.25, -0.2) is 4.79 Å². The zero-order valence-electron chi connectivity index (χ0n) is 10.5. The lowest BCUT2D eigenvalue weighted by molar-refractivity contribution is 0.103. The molecule has 2 aliphatic heterocycles. The Morgan fingerprint density at radius 3 is 1.88 bits per heavy atom. The number of carbonyl (C=O) groups is 1. The first-order valence-electron chi connectivity index (χ1n) is 6.46. The molecule has 92 valence electrons. The second-order valence-corrected chi connectivity index (χ2v) is 5.09. The van der Waals surface area contributed by atoms with Crippen LogP contribution in [0.3, 0.4) is 0 Å². The summed E-state index contributed by atoms with van der Waals surface area (Å²) < 4.78 is 0. The Labute approximate surface area is 98.2 Å². The number of carbonyl (C=O) groups excluding carboxylic acids is 1. The zero-order valence-corrected chi connectivity index (χ0v) is 10.5. The Balaban J connectivity index is 1.81. The van der Waals surface area contributed by atoms with Crippen LogP contribution < -0.4 is 0 Å². The van der Waals surface area contributed by atoms with Crippen LogP contribution in [0.1, 0.15) is 26.7 Å². The molecule has 2 saturated heterocycles. The Morgan fingerprint density at radius 2 is 1.38 bits per heavy atom. The van der Waals surface area contributed by atoms with E-state index in [-0.39, 0.29) is 6.03 Å². The first-order valence-corrected chi connectivity index (χ1v) is 6.46. The summed E-state index contributed by atoms with van der Waals surface area (Å²) in [5, 5.41) is 0. The number of hydrogen-bond acceptors (Lipinski definition) is 2. The van der Waals surface area contributed by atoms with Crippen molar-refractivity contribution >= 4 is 6.03 Å². The SMILES string of the molecule is CC(C)N1CCN(C(=O)N2CCCC2)CC1. The number of nitrogens with zero attached hydrogens (tertiary/aromatic N) is 3. The summed E-state index contributed by atoms with van der Waals surface area (Å²) in [6, 6.07) is 0.866. The Morgan fingerprint density at radius 1 is 0.875 bits per heavy atom. The normalized spacial score (nSPS) is 23.2. The van der Waals surface area contributed by atoms with Crippen molar-refractivity contribution in [2.24, 2.45) is 0 Å². The Hall–Kier alpha value is -0.770. The van der Waals surface area contributed by atoms with E-state index in [1.165, 1.54) is 12.8 Å². The van der Waals surface area contributed by atoms with Crippen LogP contribution in [0.15, 0.2) is 0 Å². The van der Waals surface area contributed by atoms with E-state index in [4.69, 9.17) is 0 Å². The average Bonchev–Trinajstić information content (AvgIpc) is 2.81. The first-order chi connectivity index (χ1) is 7.68. The highest BCUT2D eigenvalue weighted by atomic mass is 16.2. The summed E-state index contributed by atoms with van der Waals surface area (Å²) in [7, 11) is 0. The summed E-state index contributed by atoms with van der Waals surface area (Å²) in [5.74, 6) is 0. The van der Waals surface area contributed by atoms with Gasteiger partial charge in [-0.1, -0.05) is 0 Å². The summed E-state index contributed by atoms with van der Waals surface area (Å²) in [5.41, 5.74) is 0. The Bertz CT molecular complexity index is 241. The molecule has 0 spiro atoms. The van der Waals surface area contributed by atoms with Crippen molar-refractivity contribution < 1.29 is 4.79 Å². The molecule has 2 heterocycles. The topological polar surface area (TPSA) is 26.8 Å². The minimum Gasteiger partial charge on any atom is -0.325 e. The minimum atomic E-state index is 0.265. The molecule has 0 aliphatic carbocycles. The summed E-state index contributed by atoms with van der Waals surface area (Å²) in [4.78, 5) is 18.6. The summed E-state index contributed by atoms with van der Waals surface area (Å²) >= 11 is 0. The maximum Gasteiger partial charge on any atom is 0.320 e. The highest BCUT2D eigenvalue weighted by Crippen LogP contribution is 2.13. The van der Waals surface area contributed by atoms with E-state index in [1.807, 2.05) is 9.80 Å². The van der Waals surface area contributed by atoms with Crippen LogP contribution in [0.2, 0.25) is 0 Å². The van der Waals surface area contributed by atoms with Gasteiger partial charge >= 0.3 is 6.03 Å². The van der Waals surface area contributed by atoms with E-state index in [9.17, 15) is 4.79 Å². The first kappa shape index (κ1) is 11.7. The van der Waals surface area contributed by atoms with Gasteiger partial charge in [-0.3, -0.25) is 4.90 Å². The molecule has 0 aromatic carbocycles. The number of hydrogen-bond donors (Lipinski definition) is 0. The molecule has 2 rings (SSSR count). The molecule has 0 aromatic heterocycles. The van der Waals surface area contributed by atoms with Gasteiger partial charge in [0.1, 0.15) is 0 Å². The second-order valence-electron chi connectivity index (χ2n) is 5.09. The van der Waals surface area contributed by atoms with Crippen LogP contribution in [0.5, 0.6) is 0 Å². The highest BCUT2D eigenvalue weighted by molar-refractivity contribution is 5.74. The van der Waals surface area contributed by atoms with Crippen molar-refractivity contribution in [3.63, 3.8) is 0 Å². The van der Waals surface area contributed by atoms with Crippen molar-refractivity contribution in [1.82, 2.24) is 14.7 Å². The molecular formula is C12H23N3O. The van der Waals surface area contributed by atoms with Gasteiger partial charge in [-0.05, 0) is 26.7 Å². The molecule has 0 unspecified atom stereocenters. The van der Waals surface area contributed by atoms with Gasteiger partial charge in [0.15, 0.2) is 0 Å². The van der Waals surface area contributed by atoms with Crippen molar-refractivity contribution in [1.29, 1.82) is 0 Å². The predicted molar refractivity (Wildman–Crippen MR) is 64.5 cm³/mol. The van der Waals surface area contributed by atoms with E-state index in [2.05, 4.69) is 18.7 Å². The van der Waals surface area contributed by atoms with Crippen LogP contribution in [-0.2, 0) is 0 Å². The quantitative estimate of drug-likeness (QED) is 0.671. The van der Waals surface area contributed by atoms with Gasteiger partial charge in [0.25, 0.3) is 0 Å². The fraction of sp³-hybridized carbons (Fsp3) is 0.917. The summed E-state index contributed by atoms with van der Waals surface area (Å²) in [6.45, 7) is 10.2. The molecule has 0 N–H and O–H groups in total. The van der Waals surface area contributed by atoms with Crippen LogP contribution in [0.25, 0.3) is 0 Å². The third kappa shape index (κ3) is 2.48. The molecule has 0 bridgehead atoms. The molecule has 4 nitrogen and oxygen atoms in total. The lowest BCUT2D eigenvalue weighted by Crippen LogP contribution is -2.53. The molecule has 0 radical (unpaired) electrons. The fourth-order valence-corrected chi connectivity index (χ4v) is 2.54.